The molecule has 0 unspecified atom stereocenters. The third-order valence-electron chi connectivity index (χ3n) is 4.59. The normalized spacial score (nSPS) is 12.4. The second kappa shape index (κ2) is 15.1. The van der Waals surface area contributed by atoms with Crippen LogP contribution in [0.1, 0.15) is 103 Å². The fourth-order valence-electron chi connectivity index (χ4n) is 2.84. The van der Waals surface area contributed by atoms with Gasteiger partial charge in [0.25, 0.3) is 0 Å². The zero-order valence-electron chi connectivity index (χ0n) is 16.5. The van der Waals surface area contributed by atoms with Crippen LogP contribution < -0.4 is 0 Å². The largest absolute Gasteiger partial charge is 0.465 e. The molecule has 0 atom stereocenters. The summed E-state index contributed by atoms with van der Waals surface area (Å²) >= 11 is 0. The first-order valence-corrected chi connectivity index (χ1v) is 10.3. The molecule has 2 nitrogen and oxygen atoms in total. The predicted octanol–water partition coefficient (Wildman–Crippen LogP) is 7.60. The fourth-order valence-corrected chi connectivity index (χ4v) is 2.84. The molecule has 0 saturated carbocycles. The van der Waals surface area contributed by atoms with E-state index in [0.29, 0.717) is 12.8 Å². The lowest BCUT2D eigenvalue weighted by Crippen LogP contribution is -2.45. The van der Waals surface area contributed by atoms with Gasteiger partial charge in [0.2, 0.25) is 0 Å². The van der Waals surface area contributed by atoms with Gasteiger partial charge in [-0.05, 0) is 6.42 Å². The van der Waals surface area contributed by atoms with E-state index in [1.807, 2.05) is 0 Å². The quantitative estimate of drug-likeness (QED) is 0.142. The Balaban J connectivity index is 3.36. The van der Waals surface area contributed by atoms with E-state index in [9.17, 15) is 26.7 Å². The van der Waals surface area contributed by atoms with Gasteiger partial charge in [0.05, 0.1) is 6.61 Å². The van der Waals surface area contributed by atoms with Gasteiger partial charge in [0, 0.05) is 0 Å². The average molecular weight is 402 g/mol. The van der Waals surface area contributed by atoms with Crippen LogP contribution in [0.25, 0.3) is 0 Å². The Kier molecular flexibility index (Phi) is 14.6. The molecular weight excluding hydrogens is 367 g/mol. The maximum Gasteiger partial charge on any atom is 0.465 e. The smallest absolute Gasteiger partial charge is 0.461 e. The van der Waals surface area contributed by atoms with Crippen LogP contribution >= 0.6 is 0 Å². The predicted molar refractivity (Wildman–Crippen MR) is 96.9 cm³/mol. The summed E-state index contributed by atoms with van der Waals surface area (Å²) in [5.74, 6) is -7.94. The number of alkyl halides is 5. The molecule has 0 rings (SSSR count). The summed E-state index contributed by atoms with van der Waals surface area (Å²) in [5, 5.41) is 0. The van der Waals surface area contributed by atoms with Crippen LogP contribution in [-0.4, -0.2) is 24.7 Å². The van der Waals surface area contributed by atoms with Crippen molar-refractivity contribution >= 4 is 5.97 Å². The number of hydrogen-bond donors (Lipinski definition) is 0. The molecule has 0 spiro atoms. The van der Waals surface area contributed by atoms with Crippen LogP contribution in [0.15, 0.2) is 0 Å². The van der Waals surface area contributed by atoms with Crippen molar-refractivity contribution in [2.24, 2.45) is 0 Å². The van der Waals surface area contributed by atoms with Gasteiger partial charge in [-0.1, -0.05) is 96.8 Å². The third kappa shape index (κ3) is 13.0. The number of esters is 1. The van der Waals surface area contributed by atoms with Gasteiger partial charge in [-0.2, -0.15) is 22.0 Å². The lowest BCUT2D eigenvalue weighted by Gasteiger charge is -2.17. The Labute approximate surface area is 160 Å². The Hall–Kier alpha value is -0.880. The van der Waals surface area contributed by atoms with E-state index in [2.05, 4.69) is 11.7 Å². The van der Waals surface area contributed by atoms with Gasteiger partial charge in [-0.15, -0.1) is 0 Å². The van der Waals surface area contributed by atoms with E-state index < -0.39 is 24.7 Å². The summed E-state index contributed by atoms with van der Waals surface area (Å²) in [7, 11) is 0. The summed E-state index contributed by atoms with van der Waals surface area (Å²) in [5.41, 5.74) is 0. The average Bonchev–Trinajstić information content (AvgIpc) is 2.60. The zero-order chi connectivity index (χ0) is 20.6. The van der Waals surface area contributed by atoms with Gasteiger partial charge in [0.15, 0.2) is 0 Å². The van der Waals surface area contributed by atoms with Gasteiger partial charge >= 0.3 is 18.1 Å². The van der Waals surface area contributed by atoms with E-state index >= 15 is 0 Å². The molecule has 0 bridgehead atoms. The molecule has 27 heavy (non-hydrogen) atoms. The molecule has 0 aromatic heterocycles. The minimum absolute atomic E-state index is 0.303. The highest BCUT2D eigenvalue weighted by Crippen LogP contribution is 2.36. The Morgan fingerprint density at radius 1 is 0.630 bits per heavy atom. The third-order valence-corrected chi connectivity index (χ3v) is 4.59. The number of carbonyl (C=O) groups excluding carboxylic acids is 1. The van der Waals surface area contributed by atoms with Gasteiger partial charge in [0.1, 0.15) is 0 Å². The van der Waals surface area contributed by atoms with Crippen molar-refractivity contribution in [2.75, 3.05) is 6.61 Å². The molecule has 0 aliphatic rings. The van der Waals surface area contributed by atoms with Crippen molar-refractivity contribution in [2.45, 2.75) is 115 Å². The van der Waals surface area contributed by atoms with Crippen LogP contribution in [0.2, 0.25) is 0 Å². The van der Waals surface area contributed by atoms with Crippen molar-refractivity contribution in [3.05, 3.63) is 0 Å². The lowest BCUT2D eigenvalue weighted by atomic mass is 10.0. The summed E-state index contributed by atoms with van der Waals surface area (Å²) < 4.78 is 65.1. The molecule has 7 heteroatoms. The minimum atomic E-state index is -5.90. The summed E-state index contributed by atoms with van der Waals surface area (Å²) in [6.07, 6.45) is 10.9. The van der Waals surface area contributed by atoms with Crippen LogP contribution in [-0.2, 0) is 9.53 Å². The van der Waals surface area contributed by atoms with E-state index in [1.54, 1.807) is 0 Å². The number of hydrogen-bond acceptors (Lipinski definition) is 2. The molecule has 0 heterocycles. The number of unbranched alkanes of at least 4 members (excludes halogenated alkanes) is 14. The summed E-state index contributed by atoms with van der Waals surface area (Å²) in [6, 6.07) is 0. The maximum absolute atomic E-state index is 12.6. The standard InChI is InChI=1S/C20H35F5O2/c1-2-3-4-5-6-7-8-9-10-11-12-13-14-15-16-17-27-18(26)19(21,22)20(23,24)25/h2-17H2,1H3. The van der Waals surface area contributed by atoms with Crippen molar-refractivity contribution in [1.29, 1.82) is 0 Å². The second-order valence-corrected chi connectivity index (χ2v) is 7.16. The summed E-state index contributed by atoms with van der Waals surface area (Å²) in [6.45, 7) is 1.82. The minimum Gasteiger partial charge on any atom is -0.461 e. The topological polar surface area (TPSA) is 26.3 Å². The molecule has 0 aliphatic carbocycles. The lowest BCUT2D eigenvalue weighted by molar-refractivity contribution is -0.280. The monoisotopic (exact) mass is 402 g/mol. The Bertz CT molecular complexity index is 370. The van der Waals surface area contributed by atoms with Crippen LogP contribution in [0.4, 0.5) is 22.0 Å². The summed E-state index contributed by atoms with van der Waals surface area (Å²) in [4.78, 5) is 10.8. The maximum atomic E-state index is 12.6. The SMILES string of the molecule is CCCCCCCCCCCCCCCCCOC(=O)C(F)(F)C(F)(F)F. The van der Waals surface area contributed by atoms with E-state index in [-0.39, 0.29) is 0 Å². The highest BCUT2D eigenvalue weighted by Gasteiger charge is 2.64. The van der Waals surface area contributed by atoms with Crippen molar-refractivity contribution < 1.29 is 31.5 Å². The molecule has 0 saturated heterocycles. The van der Waals surface area contributed by atoms with Crippen molar-refractivity contribution in [1.82, 2.24) is 0 Å². The highest BCUT2D eigenvalue weighted by atomic mass is 19.4. The first-order chi connectivity index (χ1) is 12.7. The molecule has 0 aliphatic heterocycles. The van der Waals surface area contributed by atoms with Crippen molar-refractivity contribution in [3.8, 4) is 0 Å². The second-order valence-electron chi connectivity index (χ2n) is 7.16. The molecular formula is C20H35F5O2. The van der Waals surface area contributed by atoms with Gasteiger partial charge < -0.3 is 4.74 Å². The van der Waals surface area contributed by atoms with Gasteiger partial charge in [-0.25, -0.2) is 4.79 Å². The molecule has 162 valence electrons. The van der Waals surface area contributed by atoms with E-state index in [1.165, 1.54) is 64.2 Å². The number of rotatable bonds is 17. The molecule has 0 aromatic rings. The number of carbonyl (C=O) groups is 1. The molecule has 0 aromatic carbocycles. The number of ether oxygens (including phenoxy) is 1. The first kappa shape index (κ1) is 26.1. The van der Waals surface area contributed by atoms with Crippen LogP contribution in [0, 0.1) is 0 Å². The first-order valence-electron chi connectivity index (χ1n) is 10.3. The molecule has 0 amide bonds. The van der Waals surface area contributed by atoms with E-state index in [4.69, 9.17) is 0 Å². The van der Waals surface area contributed by atoms with Crippen LogP contribution in [0.3, 0.4) is 0 Å². The molecule has 0 fully saturated rings. The molecule has 0 radical (unpaired) electrons. The zero-order valence-corrected chi connectivity index (χ0v) is 16.5. The highest BCUT2D eigenvalue weighted by molar-refractivity contribution is 5.78. The van der Waals surface area contributed by atoms with Crippen molar-refractivity contribution in [3.63, 3.8) is 0 Å². The Morgan fingerprint density at radius 2 is 0.963 bits per heavy atom. The van der Waals surface area contributed by atoms with E-state index in [0.717, 1.165) is 19.3 Å². The Morgan fingerprint density at radius 3 is 1.30 bits per heavy atom. The molecule has 0 N–H and O–H groups in total. The van der Waals surface area contributed by atoms with Gasteiger partial charge in [-0.3, -0.25) is 0 Å². The van der Waals surface area contributed by atoms with Crippen LogP contribution in [0.5, 0.6) is 0 Å². The fraction of sp³-hybridized carbons (Fsp3) is 0.950. The number of halogens is 5.